The summed E-state index contributed by atoms with van der Waals surface area (Å²) in [4.78, 5) is 24.5. The molecule has 1 saturated heterocycles. The predicted molar refractivity (Wildman–Crippen MR) is 114 cm³/mol. The number of methoxy groups -OCH3 is 1. The quantitative estimate of drug-likeness (QED) is 0.582. The molecule has 0 aromatic heterocycles. The van der Waals surface area contributed by atoms with Crippen LogP contribution in [0.15, 0.2) is 48.5 Å². The van der Waals surface area contributed by atoms with Gasteiger partial charge in [0, 0.05) is 5.69 Å². The number of anilines is 1. The number of ether oxygens (including phenoxy) is 2. The van der Waals surface area contributed by atoms with Crippen molar-refractivity contribution in [2.75, 3.05) is 19.0 Å². The number of nitrogens with one attached hydrogen (secondary N) is 1. The average Bonchev–Trinajstić information content (AvgIpc) is 2.93. The molecule has 30 heavy (non-hydrogen) atoms. The van der Waals surface area contributed by atoms with E-state index in [1.54, 1.807) is 30.3 Å². The molecule has 0 aliphatic carbocycles. The van der Waals surface area contributed by atoms with Crippen LogP contribution in [0.1, 0.15) is 38.1 Å². The van der Waals surface area contributed by atoms with Crippen molar-refractivity contribution in [1.29, 1.82) is 0 Å². The maximum atomic E-state index is 12.4. The van der Waals surface area contributed by atoms with Crippen molar-refractivity contribution < 1.29 is 28.4 Å². The lowest BCUT2D eigenvalue weighted by atomic mass is 9.78. The second-order valence-electron chi connectivity index (χ2n) is 8.07. The number of esters is 1. The van der Waals surface area contributed by atoms with E-state index in [1.165, 1.54) is 7.11 Å². The van der Waals surface area contributed by atoms with Gasteiger partial charge in [-0.25, -0.2) is 4.79 Å². The van der Waals surface area contributed by atoms with Gasteiger partial charge in [-0.15, -0.1) is 0 Å². The highest BCUT2D eigenvalue weighted by atomic mass is 16.7. The molecule has 0 unspecified atom stereocenters. The first-order valence-corrected chi connectivity index (χ1v) is 9.68. The fourth-order valence-electron chi connectivity index (χ4n) is 2.94. The highest BCUT2D eigenvalue weighted by Crippen LogP contribution is 2.36. The van der Waals surface area contributed by atoms with E-state index in [1.807, 2.05) is 45.9 Å². The molecule has 7 nitrogen and oxygen atoms in total. The zero-order chi connectivity index (χ0) is 21.9. The monoisotopic (exact) mass is 411 g/mol. The lowest BCUT2D eigenvalue weighted by Gasteiger charge is -2.32. The molecule has 0 bridgehead atoms. The van der Waals surface area contributed by atoms with E-state index >= 15 is 0 Å². The van der Waals surface area contributed by atoms with Crippen molar-refractivity contribution in [2.24, 2.45) is 0 Å². The SMILES string of the molecule is COC(=O)c1cc(NC(=O)COc2ccccc2)cc(B2OC(C)(C)C(C)(C)O2)c1. The fourth-order valence-corrected chi connectivity index (χ4v) is 2.94. The number of hydrogen-bond donors (Lipinski definition) is 1. The standard InChI is InChI=1S/C22H26BNO6/c1-21(2)22(3,4)30-23(29-21)16-11-15(20(26)27-5)12-17(13-16)24-19(25)14-28-18-9-7-6-8-10-18/h6-13H,14H2,1-5H3,(H,24,25). The van der Waals surface area contributed by atoms with Crippen LogP contribution < -0.4 is 15.5 Å². The largest absolute Gasteiger partial charge is 0.494 e. The molecule has 2 aromatic carbocycles. The van der Waals surface area contributed by atoms with Crippen LogP contribution in [0.2, 0.25) is 0 Å². The summed E-state index contributed by atoms with van der Waals surface area (Å²) in [7, 11) is 0.617. The Labute approximate surface area is 176 Å². The summed E-state index contributed by atoms with van der Waals surface area (Å²) in [5.74, 6) is -0.293. The Morgan fingerprint density at radius 3 is 2.23 bits per heavy atom. The van der Waals surface area contributed by atoms with Crippen LogP contribution in [-0.4, -0.2) is 43.9 Å². The Kier molecular flexibility index (Phi) is 6.19. The summed E-state index contributed by atoms with van der Waals surface area (Å²) in [6, 6.07) is 13.9. The van der Waals surface area contributed by atoms with E-state index in [-0.39, 0.29) is 18.1 Å². The fraction of sp³-hybridized carbons (Fsp3) is 0.364. The van der Waals surface area contributed by atoms with Gasteiger partial charge in [0.25, 0.3) is 5.91 Å². The van der Waals surface area contributed by atoms with Gasteiger partial charge in [0.1, 0.15) is 5.75 Å². The molecule has 1 N–H and O–H groups in total. The van der Waals surface area contributed by atoms with Crippen LogP contribution >= 0.6 is 0 Å². The predicted octanol–water partition coefficient (Wildman–Crippen LogP) is 2.79. The number of hydrogen-bond acceptors (Lipinski definition) is 6. The molecule has 0 radical (unpaired) electrons. The molecule has 1 aliphatic heterocycles. The van der Waals surface area contributed by atoms with E-state index in [2.05, 4.69) is 5.32 Å². The average molecular weight is 411 g/mol. The summed E-state index contributed by atoms with van der Waals surface area (Å²) in [5, 5.41) is 2.75. The normalized spacial score (nSPS) is 16.8. The van der Waals surface area contributed by atoms with Gasteiger partial charge in [-0.1, -0.05) is 18.2 Å². The molecular weight excluding hydrogens is 385 g/mol. The Hall–Kier alpha value is -2.84. The Morgan fingerprint density at radius 1 is 1.00 bits per heavy atom. The maximum Gasteiger partial charge on any atom is 0.494 e. The third-order valence-corrected chi connectivity index (χ3v) is 5.30. The van der Waals surface area contributed by atoms with Gasteiger partial charge in [0.05, 0.1) is 23.9 Å². The van der Waals surface area contributed by atoms with E-state index in [0.717, 1.165) is 0 Å². The summed E-state index contributed by atoms with van der Waals surface area (Å²) >= 11 is 0. The molecule has 0 saturated carbocycles. The first-order valence-electron chi connectivity index (χ1n) is 9.68. The molecule has 0 atom stereocenters. The molecule has 1 fully saturated rings. The van der Waals surface area contributed by atoms with Crippen molar-refractivity contribution >= 4 is 30.1 Å². The molecule has 0 spiro atoms. The van der Waals surface area contributed by atoms with Gasteiger partial charge >= 0.3 is 13.1 Å². The zero-order valence-electron chi connectivity index (χ0n) is 17.9. The summed E-state index contributed by atoms with van der Waals surface area (Å²) in [6.07, 6.45) is 0. The molecule has 1 aliphatic rings. The van der Waals surface area contributed by atoms with Crippen molar-refractivity contribution in [3.05, 3.63) is 54.1 Å². The minimum Gasteiger partial charge on any atom is -0.484 e. The summed E-state index contributed by atoms with van der Waals surface area (Å²) < 4.78 is 22.5. The third-order valence-electron chi connectivity index (χ3n) is 5.30. The Bertz CT molecular complexity index is 912. The van der Waals surface area contributed by atoms with Gasteiger partial charge in [-0.05, 0) is 63.5 Å². The minimum atomic E-state index is -0.684. The van der Waals surface area contributed by atoms with Crippen LogP contribution in [0.3, 0.4) is 0 Å². The van der Waals surface area contributed by atoms with Crippen LogP contribution in [-0.2, 0) is 18.8 Å². The van der Waals surface area contributed by atoms with Crippen LogP contribution in [0.5, 0.6) is 5.75 Å². The van der Waals surface area contributed by atoms with E-state index < -0.39 is 24.3 Å². The highest BCUT2D eigenvalue weighted by Gasteiger charge is 2.51. The summed E-state index contributed by atoms with van der Waals surface area (Å²) in [5.41, 5.74) is 0.238. The summed E-state index contributed by atoms with van der Waals surface area (Å²) in [6.45, 7) is 7.61. The smallest absolute Gasteiger partial charge is 0.484 e. The van der Waals surface area contributed by atoms with Gasteiger partial charge in [-0.2, -0.15) is 0 Å². The molecule has 1 amide bonds. The van der Waals surface area contributed by atoms with Crippen LogP contribution in [0.25, 0.3) is 0 Å². The molecule has 8 heteroatoms. The number of rotatable bonds is 6. The van der Waals surface area contributed by atoms with Gasteiger partial charge < -0.3 is 24.1 Å². The second-order valence-corrected chi connectivity index (χ2v) is 8.07. The molecule has 3 rings (SSSR count). The van der Waals surface area contributed by atoms with Crippen molar-refractivity contribution in [1.82, 2.24) is 0 Å². The van der Waals surface area contributed by atoms with E-state index in [9.17, 15) is 9.59 Å². The molecule has 1 heterocycles. The topological polar surface area (TPSA) is 83.1 Å². The Morgan fingerprint density at radius 2 is 1.63 bits per heavy atom. The van der Waals surface area contributed by atoms with Crippen molar-refractivity contribution in [3.8, 4) is 5.75 Å². The maximum absolute atomic E-state index is 12.4. The van der Waals surface area contributed by atoms with Crippen molar-refractivity contribution in [2.45, 2.75) is 38.9 Å². The van der Waals surface area contributed by atoms with Crippen LogP contribution in [0, 0.1) is 0 Å². The number of amides is 1. The Balaban J connectivity index is 1.79. The number of para-hydroxylation sites is 1. The second kappa shape index (κ2) is 8.49. The lowest BCUT2D eigenvalue weighted by molar-refractivity contribution is -0.118. The number of carbonyl (C=O) groups excluding carboxylic acids is 2. The van der Waals surface area contributed by atoms with Gasteiger partial charge in [0.2, 0.25) is 0 Å². The van der Waals surface area contributed by atoms with Crippen molar-refractivity contribution in [3.63, 3.8) is 0 Å². The minimum absolute atomic E-state index is 0.168. The first kappa shape index (κ1) is 21.9. The highest BCUT2D eigenvalue weighted by molar-refractivity contribution is 6.62. The third kappa shape index (κ3) is 4.83. The van der Waals surface area contributed by atoms with Gasteiger partial charge in [0.15, 0.2) is 6.61 Å². The zero-order valence-corrected chi connectivity index (χ0v) is 17.9. The molecule has 158 valence electrons. The first-order chi connectivity index (χ1) is 14.1. The molecular formula is C22H26BNO6. The lowest BCUT2D eigenvalue weighted by Crippen LogP contribution is -2.41. The number of benzene rings is 2. The van der Waals surface area contributed by atoms with E-state index in [0.29, 0.717) is 16.9 Å². The number of carbonyl (C=O) groups is 2. The molecule has 2 aromatic rings. The van der Waals surface area contributed by atoms with E-state index in [4.69, 9.17) is 18.8 Å². The van der Waals surface area contributed by atoms with Gasteiger partial charge in [-0.3, -0.25) is 4.79 Å². The van der Waals surface area contributed by atoms with Crippen LogP contribution in [0.4, 0.5) is 5.69 Å².